The number of hydrogen-bond donors (Lipinski definition) is 2. The highest BCUT2D eigenvalue weighted by molar-refractivity contribution is 5.93. The van der Waals surface area contributed by atoms with Crippen molar-refractivity contribution in [2.24, 2.45) is 10.7 Å². The molecule has 1 heterocycles. The topological polar surface area (TPSA) is 94.7 Å². The summed E-state index contributed by atoms with van der Waals surface area (Å²) in [6, 6.07) is 19.8. The summed E-state index contributed by atoms with van der Waals surface area (Å²) in [5.74, 6) is 1.01. The largest absolute Gasteiger partial charge is 0.481 e. The predicted octanol–water partition coefficient (Wildman–Crippen LogP) is 3.14. The van der Waals surface area contributed by atoms with Gasteiger partial charge in [-0.2, -0.15) is 15.0 Å². The molecule has 2 aromatic carbocycles. The van der Waals surface area contributed by atoms with E-state index in [9.17, 15) is 0 Å². The van der Waals surface area contributed by atoms with Gasteiger partial charge in [-0.3, -0.25) is 0 Å². The zero-order valence-electron chi connectivity index (χ0n) is 15.2. The van der Waals surface area contributed by atoms with Crippen LogP contribution >= 0.6 is 0 Å². The van der Waals surface area contributed by atoms with Gasteiger partial charge >= 0.3 is 0 Å². The minimum atomic E-state index is 0.150. The van der Waals surface area contributed by atoms with E-state index in [2.05, 4.69) is 38.5 Å². The number of rotatable bonds is 6. The number of benzene rings is 2. The molecule has 0 spiro atoms. The first-order chi connectivity index (χ1) is 13.2. The molecular weight excluding hydrogens is 342 g/mol. The Morgan fingerprint density at radius 3 is 2.26 bits per heavy atom. The molecule has 0 saturated carbocycles. The summed E-state index contributed by atoms with van der Waals surface area (Å²) in [7, 11) is 3.02. The lowest BCUT2D eigenvalue weighted by atomic mass is 10.0. The van der Waals surface area contributed by atoms with Crippen molar-refractivity contribution in [2.75, 3.05) is 19.5 Å². The van der Waals surface area contributed by atoms with E-state index < -0.39 is 0 Å². The van der Waals surface area contributed by atoms with E-state index in [0.29, 0.717) is 11.8 Å². The summed E-state index contributed by atoms with van der Waals surface area (Å²) in [4.78, 5) is 12.5. The van der Waals surface area contributed by atoms with Gasteiger partial charge in [0.05, 0.1) is 20.3 Å². The van der Waals surface area contributed by atoms with Crippen molar-refractivity contribution in [1.82, 2.24) is 9.97 Å². The molecule has 0 saturated heterocycles. The minimum Gasteiger partial charge on any atom is -0.481 e. The number of aromatic nitrogens is 2. The molecule has 0 unspecified atom stereocenters. The molecule has 0 fully saturated rings. The third kappa shape index (κ3) is 5.18. The molecule has 3 aromatic rings. The van der Waals surface area contributed by atoms with Gasteiger partial charge in [-0.05, 0) is 29.7 Å². The first kappa shape index (κ1) is 18.2. The molecule has 0 aliphatic rings. The van der Waals surface area contributed by atoms with E-state index in [-0.39, 0.29) is 11.9 Å². The normalized spacial score (nSPS) is 11.1. The molecule has 27 heavy (non-hydrogen) atoms. The SMILES string of the molecule is COc1cc(OC)nc(/N=C(\N)Nc2cccc(Cc3ccccc3)c2)n1. The molecule has 0 bridgehead atoms. The summed E-state index contributed by atoms with van der Waals surface area (Å²) in [6.45, 7) is 0. The number of aliphatic imine (C=N–C) groups is 1. The van der Waals surface area contributed by atoms with Crippen molar-refractivity contribution in [3.8, 4) is 11.8 Å². The van der Waals surface area contributed by atoms with Gasteiger partial charge in [-0.15, -0.1) is 0 Å². The number of nitrogens with two attached hydrogens (primary N) is 1. The molecule has 0 atom stereocenters. The summed E-state index contributed by atoms with van der Waals surface area (Å²) in [5, 5.41) is 3.06. The van der Waals surface area contributed by atoms with Crippen LogP contribution in [0.3, 0.4) is 0 Å². The average Bonchev–Trinajstić information content (AvgIpc) is 2.68. The van der Waals surface area contributed by atoms with Gasteiger partial charge < -0.3 is 20.5 Å². The maximum Gasteiger partial charge on any atom is 0.259 e. The molecule has 1 aromatic heterocycles. The summed E-state index contributed by atoms with van der Waals surface area (Å²) in [6.07, 6.45) is 0.837. The number of nitrogens with zero attached hydrogens (tertiary/aromatic N) is 3. The van der Waals surface area contributed by atoms with Crippen molar-refractivity contribution < 1.29 is 9.47 Å². The lowest BCUT2D eigenvalue weighted by Gasteiger charge is -2.08. The van der Waals surface area contributed by atoms with Crippen LogP contribution in [-0.4, -0.2) is 30.1 Å². The number of guanidine groups is 1. The van der Waals surface area contributed by atoms with E-state index in [1.54, 1.807) is 6.07 Å². The van der Waals surface area contributed by atoms with Crippen molar-refractivity contribution in [1.29, 1.82) is 0 Å². The quantitative estimate of drug-likeness (QED) is 0.516. The minimum absolute atomic E-state index is 0.150. The standard InChI is InChI=1S/C20H21N5O2/c1-26-17-13-18(27-2)24-20(23-17)25-19(21)22-16-10-6-9-15(12-16)11-14-7-4-3-5-8-14/h3-10,12-13H,11H2,1-2H3,(H3,21,22,23,24,25). The summed E-state index contributed by atoms with van der Waals surface area (Å²) in [5.41, 5.74) is 9.24. The first-order valence-electron chi connectivity index (χ1n) is 8.37. The average molecular weight is 363 g/mol. The van der Waals surface area contributed by atoms with Crippen LogP contribution < -0.4 is 20.5 Å². The number of methoxy groups -OCH3 is 2. The van der Waals surface area contributed by atoms with Crippen LogP contribution in [0.25, 0.3) is 0 Å². The third-order valence-corrected chi connectivity index (χ3v) is 3.76. The van der Waals surface area contributed by atoms with Gasteiger partial charge in [-0.25, -0.2) is 0 Å². The van der Waals surface area contributed by atoms with Gasteiger partial charge in [0.2, 0.25) is 17.7 Å². The molecule has 0 aliphatic heterocycles. The lowest BCUT2D eigenvalue weighted by Crippen LogP contribution is -2.22. The van der Waals surface area contributed by atoms with Crippen molar-refractivity contribution in [2.45, 2.75) is 6.42 Å². The van der Waals surface area contributed by atoms with Crippen LogP contribution in [0, 0.1) is 0 Å². The maximum atomic E-state index is 6.00. The second-order valence-corrected chi connectivity index (χ2v) is 5.74. The van der Waals surface area contributed by atoms with Crippen LogP contribution in [0.15, 0.2) is 65.7 Å². The summed E-state index contributed by atoms with van der Waals surface area (Å²) >= 11 is 0. The second-order valence-electron chi connectivity index (χ2n) is 5.74. The molecule has 3 N–H and O–H groups in total. The van der Waals surface area contributed by atoms with Crippen molar-refractivity contribution in [3.05, 3.63) is 71.8 Å². The molecular formula is C20H21N5O2. The zero-order valence-corrected chi connectivity index (χ0v) is 15.2. The van der Waals surface area contributed by atoms with Crippen LogP contribution in [0.5, 0.6) is 11.8 Å². The second kappa shape index (κ2) is 8.66. The highest BCUT2D eigenvalue weighted by Crippen LogP contribution is 2.19. The van der Waals surface area contributed by atoms with E-state index in [1.165, 1.54) is 25.3 Å². The Kier molecular flexibility index (Phi) is 5.84. The van der Waals surface area contributed by atoms with E-state index in [4.69, 9.17) is 15.2 Å². The Morgan fingerprint density at radius 1 is 0.926 bits per heavy atom. The van der Waals surface area contributed by atoms with E-state index in [0.717, 1.165) is 12.1 Å². The van der Waals surface area contributed by atoms with E-state index >= 15 is 0 Å². The highest BCUT2D eigenvalue weighted by Gasteiger charge is 2.06. The monoisotopic (exact) mass is 363 g/mol. The van der Waals surface area contributed by atoms with Gasteiger partial charge in [-0.1, -0.05) is 42.5 Å². The van der Waals surface area contributed by atoms with Gasteiger partial charge in [0, 0.05) is 5.69 Å². The Hall–Kier alpha value is -3.61. The third-order valence-electron chi connectivity index (χ3n) is 3.76. The fraction of sp³-hybridized carbons (Fsp3) is 0.150. The lowest BCUT2D eigenvalue weighted by molar-refractivity contribution is 0.372. The Morgan fingerprint density at radius 2 is 1.59 bits per heavy atom. The molecule has 0 amide bonds. The van der Waals surface area contributed by atoms with Crippen LogP contribution in [-0.2, 0) is 6.42 Å². The number of ether oxygens (including phenoxy) is 2. The molecule has 0 aliphatic carbocycles. The Labute approximate surface area is 157 Å². The Balaban J connectivity index is 1.75. The number of nitrogens with one attached hydrogen (secondary N) is 1. The van der Waals surface area contributed by atoms with Gasteiger partial charge in [0.25, 0.3) is 5.95 Å². The molecule has 3 rings (SSSR count). The number of anilines is 1. The van der Waals surface area contributed by atoms with Crippen molar-refractivity contribution >= 4 is 17.6 Å². The van der Waals surface area contributed by atoms with Gasteiger partial charge in [0.15, 0.2) is 0 Å². The molecule has 0 radical (unpaired) electrons. The Bertz CT molecular complexity index is 906. The van der Waals surface area contributed by atoms with Gasteiger partial charge in [0.1, 0.15) is 0 Å². The van der Waals surface area contributed by atoms with Crippen LogP contribution in [0.1, 0.15) is 11.1 Å². The summed E-state index contributed by atoms with van der Waals surface area (Å²) < 4.78 is 10.2. The molecule has 7 nitrogen and oxygen atoms in total. The van der Waals surface area contributed by atoms with E-state index in [1.807, 2.05) is 36.4 Å². The smallest absolute Gasteiger partial charge is 0.259 e. The first-order valence-corrected chi connectivity index (χ1v) is 8.37. The maximum absolute atomic E-state index is 6.00. The van der Waals surface area contributed by atoms with Crippen LogP contribution in [0.2, 0.25) is 0 Å². The highest BCUT2D eigenvalue weighted by atomic mass is 16.5. The number of hydrogen-bond acceptors (Lipinski definition) is 5. The fourth-order valence-corrected chi connectivity index (χ4v) is 2.53. The fourth-order valence-electron chi connectivity index (χ4n) is 2.53. The van der Waals surface area contributed by atoms with Crippen LogP contribution in [0.4, 0.5) is 11.6 Å². The zero-order chi connectivity index (χ0) is 19.1. The predicted molar refractivity (Wildman–Crippen MR) is 106 cm³/mol. The molecule has 138 valence electrons. The van der Waals surface area contributed by atoms with Crippen molar-refractivity contribution in [3.63, 3.8) is 0 Å². The molecule has 7 heteroatoms.